The minimum Gasteiger partial charge on any atom is -0.462 e. The summed E-state index contributed by atoms with van der Waals surface area (Å²) in [5.74, 6) is -0.742. The number of benzene rings is 2. The van der Waals surface area contributed by atoms with Crippen molar-refractivity contribution in [3.05, 3.63) is 88.4 Å². The average Bonchev–Trinajstić information content (AvgIpc) is 3.21. The molecule has 2 aromatic heterocycles. The monoisotopic (exact) mass is 411 g/mol. The van der Waals surface area contributed by atoms with Crippen LogP contribution in [-0.4, -0.2) is 22.4 Å². The third-order valence-corrected chi connectivity index (χ3v) is 4.58. The SMILES string of the molecule is CCOC(=O)/C(C#N)=C/c1cn(-c2ccccc2)nc1-c1cc2ccccc2oc1=O. The number of fused-ring (bicyclic) bond motifs is 1. The lowest BCUT2D eigenvalue weighted by atomic mass is 10.1. The van der Waals surface area contributed by atoms with Crippen LogP contribution in [0.15, 0.2) is 81.6 Å². The quantitative estimate of drug-likeness (QED) is 0.212. The molecule has 0 fully saturated rings. The van der Waals surface area contributed by atoms with Crippen LogP contribution in [0.5, 0.6) is 0 Å². The second-order valence-corrected chi connectivity index (χ2v) is 6.59. The van der Waals surface area contributed by atoms with E-state index in [1.807, 2.05) is 48.5 Å². The zero-order chi connectivity index (χ0) is 21.8. The van der Waals surface area contributed by atoms with E-state index < -0.39 is 11.6 Å². The average molecular weight is 411 g/mol. The summed E-state index contributed by atoms with van der Waals surface area (Å²) in [6.45, 7) is 1.80. The summed E-state index contributed by atoms with van der Waals surface area (Å²) < 4.78 is 12.0. The minimum atomic E-state index is -0.742. The summed E-state index contributed by atoms with van der Waals surface area (Å²) in [7, 11) is 0. The smallest absolute Gasteiger partial charge is 0.348 e. The molecule has 4 rings (SSSR count). The maximum atomic E-state index is 12.7. The largest absolute Gasteiger partial charge is 0.462 e. The van der Waals surface area contributed by atoms with E-state index in [0.717, 1.165) is 11.1 Å². The zero-order valence-electron chi connectivity index (χ0n) is 16.6. The number of hydrogen-bond acceptors (Lipinski definition) is 6. The molecule has 0 aliphatic heterocycles. The van der Waals surface area contributed by atoms with Crippen LogP contribution in [0.4, 0.5) is 0 Å². The Morgan fingerprint density at radius 1 is 1.19 bits per heavy atom. The third-order valence-electron chi connectivity index (χ3n) is 4.58. The summed E-state index contributed by atoms with van der Waals surface area (Å²) >= 11 is 0. The molecule has 0 spiro atoms. The van der Waals surface area contributed by atoms with Gasteiger partial charge in [-0.2, -0.15) is 10.4 Å². The molecule has 0 amide bonds. The van der Waals surface area contributed by atoms with Crippen LogP contribution in [0.2, 0.25) is 0 Å². The maximum absolute atomic E-state index is 12.7. The molecule has 0 aliphatic carbocycles. The van der Waals surface area contributed by atoms with Gasteiger partial charge in [0.1, 0.15) is 22.9 Å². The molecular weight excluding hydrogens is 394 g/mol. The number of carbonyl (C=O) groups is 1. The lowest BCUT2D eigenvalue weighted by Crippen LogP contribution is -2.07. The molecule has 152 valence electrons. The fourth-order valence-corrected chi connectivity index (χ4v) is 3.14. The van der Waals surface area contributed by atoms with Gasteiger partial charge in [-0.15, -0.1) is 0 Å². The first-order valence-electron chi connectivity index (χ1n) is 9.58. The molecule has 0 saturated heterocycles. The highest BCUT2D eigenvalue weighted by molar-refractivity contribution is 5.99. The first-order valence-corrected chi connectivity index (χ1v) is 9.58. The van der Waals surface area contributed by atoms with E-state index in [0.29, 0.717) is 16.8 Å². The van der Waals surface area contributed by atoms with Gasteiger partial charge in [0.05, 0.1) is 17.9 Å². The second kappa shape index (κ2) is 8.51. The second-order valence-electron chi connectivity index (χ2n) is 6.59. The van der Waals surface area contributed by atoms with Gasteiger partial charge in [-0.3, -0.25) is 0 Å². The van der Waals surface area contributed by atoms with Crippen molar-refractivity contribution in [2.24, 2.45) is 0 Å². The molecule has 7 heteroatoms. The molecule has 0 saturated carbocycles. The summed E-state index contributed by atoms with van der Waals surface area (Å²) in [5, 5.41) is 14.7. The number of hydrogen-bond donors (Lipinski definition) is 0. The van der Waals surface area contributed by atoms with Crippen LogP contribution in [0.3, 0.4) is 0 Å². The molecule has 0 N–H and O–H groups in total. The number of carbonyl (C=O) groups excluding carboxylic acids is 1. The van der Waals surface area contributed by atoms with Gasteiger partial charge >= 0.3 is 11.6 Å². The van der Waals surface area contributed by atoms with Crippen molar-refractivity contribution in [2.75, 3.05) is 6.61 Å². The Morgan fingerprint density at radius 3 is 2.68 bits per heavy atom. The summed E-state index contributed by atoms with van der Waals surface area (Å²) in [6, 6.07) is 20.0. The van der Waals surface area contributed by atoms with Gasteiger partial charge in [0.2, 0.25) is 0 Å². The number of nitrogens with zero attached hydrogens (tertiary/aromatic N) is 3. The fourth-order valence-electron chi connectivity index (χ4n) is 3.14. The van der Waals surface area contributed by atoms with E-state index in [4.69, 9.17) is 9.15 Å². The molecule has 0 atom stereocenters. The van der Waals surface area contributed by atoms with E-state index in [1.54, 1.807) is 36.0 Å². The number of rotatable bonds is 5. The van der Waals surface area contributed by atoms with Crippen molar-refractivity contribution >= 4 is 23.0 Å². The molecule has 0 bridgehead atoms. The zero-order valence-corrected chi connectivity index (χ0v) is 16.6. The van der Waals surface area contributed by atoms with Crippen LogP contribution in [0.25, 0.3) is 34.0 Å². The Bertz CT molecular complexity index is 1390. The summed E-state index contributed by atoms with van der Waals surface area (Å²) in [6.07, 6.45) is 3.02. The molecule has 31 heavy (non-hydrogen) atoms. The van der Waals surface area contributed by atoms with Crippen LogP contribution >= 0.6 is 0 Å². The van der Waals surface area contributed by atoms with Gasteiger partial charge in [-0.1, -0.05) is 36.4 Å². The highest BCUT2D eigenvalue weighted by atomic mass is 16.5. The highest BCUT2D eigenvalue weighted by Crippen LogP contribution is 2.26. The normalized spacial score (nSPS) is 11.3. The van der Waals surface area contributed by atoms with Gasteiger partial charge in [0, 0.05) is 17.1 Å². The number of para-hydroxylation sites is 2. The molecule has 0 aliphatic rings. The number of nitriles is 1. The molecule has 7 nitrogen and oxygen atoms in total. The predicted octanol–water partition coefficient (Wildman–Crippen LogP) is 4.12. The Balaban J connectivity index is 1.94. The minimum absolute atomic E-state index is 0.141. The number of aromatic nitrogens is 2. The summed E-state index contributed by atoms with van der Waals surface area (Å²) in [5.41, 5.74) is 1.38. The van der Waals surface area contributed by atoms with E-state index in [2.05, 4.69) is 5.10 Å². The van der Waals surface area contributed by atoms with Gasteiger partial charge in [-0.05, 0) is 37.3 Å². The number of ether oxygens (including phenoxy) is 1. The van der Waals surface area contributed by atoms with Gasteiger partial charge in [0.25, 0.3) is 0 Å². The van der Waals surface area contributed by atoms with Crippen molar-refractivity contribution in [1.82, 2.24) is 9.78 Å². The van der Waals surface area contributed by atoms with Crippen molar-refractivity contribution in [3.8, 4) is 23.0 Å². The van der Waals surface area contributed by atoms with E-state index in [-0.39, 0.29) is 17.7 Å². The summed E-state index contributed by atoms with van der Waals surface area (Å²) in [4.78, 5) is 24.9. The van der Waals surface area contributed by atoms with Gasteiger partial charge < -0.3 is 9.15 Å². The first kappa shape index (κ1) is 19.9. The Labute approximate surface area is 177 Å². The fraction of sp³-hybridized carbons (Fsp3) is 0.0833. The van der Waals surface area contributed by atoms with Crippen molar-refractivity contribution in [1.29, 1.82) is 5.26 Å². The Hall–Kier alpha value is -4.44. The van der Waals surface area contributed by atoms with Crippen LogP contribution in [-0.2, 0) is 9.53 Å². The van der Waals surface area contributed by atoms with E-state index in [9.17, 15) is 14.9 Å². The van der Waals surface area contributed by atoms with Crippen LogP contribution in [0.1, 0.15) is 12.5 Å². The topological polar surface area (TPSA) is 98.1 Å². The molecular formula is C24H17N3O4. The molecule has 4 aromatic rings. The predicted molar refractivity (Wildman–Crippen MR) is 115 cm³/mol. The standard InChI is InChI=1S/C24H17N3O4/c1-2-30-23(28)17(14-25)12-18-15-27(19-9-4-3-5-10-19)26-22(18)20-13-16-8-6-7-11-21(16)31-24(20)29/h3-13,15H,2H2,1H3/b17-12+. The Morgan fingerprint density at radius 2 is 1.94 bits per heavy atom. The van der Waals surface area contributed by atoms with Crippen LogP contribution in [0, 0.1) is 11.3 Å². The molecule has 2 aromatic carbocycles. The molecule has 0 unspecified atom stereocenters. The van der Waals surface area contributed by atoms with Crippen LogP contribution < -0.4 is 5.63 Å². The third kappa shape index (κ3) is 4.00. The van der Waals surface area contributed by atoms with E-state index >= 15 is 0 Å². The van der Waals surface area contributed by atoms with Gasteiger partial charge in [0.15, 0.2) is 0 Å². The van der Waals surface area contributed by atoms with E-state index in [1.165, 1.54) is 6.08 Å². The lowest BCUT2D eigenvalue weighted by Gasteiger charge is -2.02. The molecule has 0 radical (unpaired) electrons. The van der Waals surface area contributed by atoms with Gasteiger partial charge in [-0.25, -0.2) is 14.3 Å². The maximum Gasteiger partial charge on any atom is 0.348 e. The van der Waals surface area contributed by atoms with Crippen molar-refractivity contribution in [3.63, 3.8) is 0 Å². The molecule has 2 heterocycles. The number of esters is 1. The van der Waals surface area contributed by atoms with Crippen molar-refractivity contribution in [2.45, 2.75) is 6.92 Å². The van der Waals surface area contributed by atoms with Crippen molar-refractivity contribution < 1.29 is 13.9 Å². The lowest BCUT2D eigenvalue weighted by molar-refractivity contribution is -0.137. The highest BCUT2D eigenvalue weighted by Gasteiger charge is 2.19. The first-order chi connectivity index (χ1) is 15.1. The Kier molecular flexibility index (Phi) is 5.45.